The summed E-state index contributed by atoms with van der Waals surface area (Å²) < 4.78 is 12.3. The molecule has 1 aliphatic heterocycles. The van der Waals surface area contributed by atoms with Gasteiger partial charge >= 0.3 is 11.6 Å². The SMILES string of the molecule is Cc1c([N+](=O)[O-])c(OCC[C@@H](C)Nc2nc(Cl)ncc2Cl)nn1C1COC1. The maximum Gasteiger partial charge on any atom is 0.352 e. The molecule has 2 aromatic rings. The van der Waals surface area contributed by atoms with E-state index in [4.69, 9.17) is 32.7 Å². The third kappa shape index (κ3) is 4.40. The molecule has 0 aliphatic carbocycles. The van der Waals surface area contributed by atoms with Gasteiger partial charge in [0.05, 0.1) is 37.0 Å². The van der Waals surface area contributed by atoms with Gasteiger partial charge in [-0.05, 0) is 25.4 Å². The van der Waals surface area contributed by atoms with E-state index in [0.29, 0.717) is 36.2 Å². The van der Waals surface area contributed by atoms with Crippen molar-refractivity contribution in [1.82, 2.24) is 19.7 Å². The van der Waals surface area contributed by atoms with Gasteiger partial charge in [0.15, 0.2) is 0 Å². The lowest BCUT2D eigenvalue weighted by Gasteiger charge is -2.26. The molecule has 0 spiro atoms. The Morgan fingerprint density at radius 2 is 2.26 bits per heavy atom. The molecule has 0 radical (unpaired) electrons. The molecular formula is C15H18Cl2N6O4. The summed E-state index contributed by atoms with van der Waals surface area (Å²) in [7, 11) is 0. The van der Waals surface area contributed by atoms with E-state index in [0.717, 1.165) is 0 Å². The Labute approximate surface area is 164 Å². The zero-order valence-corrected chi connectivity index (χ0v) is 16.2. The molecule has 3 heterocycles. The topological polar surface area (TPSA) is 117 Å². The van der Waals surface area contributed by atoms with E-state index in [1.54, 1.807) is 11.6 Å². The first-order valence-electron chi connectivity index (χ1n) is 8.25. The van der Waals surface area contributed by atoms with Gasteiger partial charge in [0, 0.05) is 12.5 Å². The number of nitro groups is 1. The molecule has 0 aromatic carbocycles. The number of halogens is 2. The van der Waals surface area contributed by atoms with Crippen molar-refractivity contribution in [3.8, 4) is 5.88 Å². The predicted molar refractivity (Wildman–Crippen MR) is 98.7 cm³/mol. The Morgan fingerprint density at radius 3 is 2.89 bits per heavy atom. The van der Waals surface area contributed by atoms with Gasteiger partial charge < -0.3 is 14.8 Å². The third-order valence-electron chi connectivity index (χ3n) is 4.12. The highest BCUT2D eigenvalue weighted by Gasteiger charge is 2.32. The highest BCUT2D eigenvalue weighted by Crippen LogP contribution is 2.33. The van der Waals surface area contributed by atoms with Crippen molar-refractivity contribution in [3.63, 3.8) is 0 Å². The molecule has 3 rings (SSSR count). The van der Waals surface area contributed by atoms with E-state index in [-0.39, 0.29) is 35.5 Å². The molecule has 0 amide bonds. The van der Waals surface area contributed by atoms with Crippen LogP contribution in [0.4, 0.5) is 11.5 Å². The fourth-order valence-electron chi connectivity index (χ4n) is 2.60. The molecular weight excluding hydrogens is 399 g/mol. The average Bonchev–Trinajstić information content (AvgIpc) is 2.86. The fraction of sp³-hybridized carbons (Fsp3) is 0.533. The van der Waals surface area contributed by atoms with Crippen molar-refractivity contribution in [3.05, 3.63) is 32.3 Å². The minimum Gasteiger partial charge on any atom is -0.472 e. The zero-order chi connectivity index (χ0) is 19.6. The van der Waals surface area contributed by atoms with Gasteiger partial charge in [-0.1, -0.05) is 11.6 Å². The predicted octanol–water partition coefficient (Wildman–Crippen LogP) is 3.04. The Morgan fingerprint density at radius 1 is 1.52 bits per heavy atom. The molecule has 0 saturated carbocycles. The van der Waals surface area contributed by atoms with Gasteiger partial charge in [-0.25, -0.2) is 4.98 Å². The summed E-state index contributed by atoms with van der Waals surface area (Å²) in [6, 6.07) is -0.0676. The van der Waals surface area contributed by atoms with E-state index in [1.165, 1.54) is 6.20 Å². The molecule has 12 heteroatoms. The lowest BCUT2D eigenvalue weighted by molar-refractivity contribution is -0.386. The summed E-state index contributed by atoms with van der Waals surface area (Å²) in [4.78, 5) is 18.7. The van der Waals surface area contributed by atoms with Crippen LogP contribution in [0.5, 0.6) is 5.88 Å². The lowest BCUT2D eigenvalue weighted by atomic mass is 10.2. The van der Waals surface area contributed by atoms with Crippen molar-refractivity contribution in [2.24, 2.45) is 0 Å². The minimum atomic E-state index is -0.474. The molecule has 10 nitrogen and oxygen atoms in total. The minimum absolute atomic E-state index is 0.00583. The second-order valence-electron chi connectivity index (χ2n) is 6.15. The first-order chi connectivity index (χ1) is 12.9. The van der Waals surface area contributed by atoms with Crippen LogP contribution in [0, 0.1) is 17.0 Å². The number of nitrogens with one attached hydrogen (secondary N) is 1. The standard InChI is InChI=1S/C15H18Cl2N6O4/c1-8(19-13-11(16)5-18-15(17)20-13)3-4-27-14-12(23(24)25)9(2)22(21-14)10-6-26-7-10/h5,8,10H,3-4,6-7H2,1-2H3,(H,18,19,20)/t8-/m1/s1. The van der Waals surface area contributed by atoms with Gasteiger partial charge in [-0.3, -0.25) is 14.8 Å². The largest absolute Gasteiger partial charge is 0.472 e. The van der Waals surface area contributed by atoms with E-state index < -0.39 is 4.92 Å². The van der Waals surface area contributed by atoms with E-state index in [1.807, 2.05) is 6.92 Å². The zero-order valence-electron chi connectivity index (χ0n) is 14.7. The van der Waals surface area contributed by atoms with Gasteiger partial charge in [0.25, 0.3) is 0 Å². The Kier molecular flexibility index (Phi) is 5.98. The van der Waals surface area contributed by atoms with Crippen LogP contribution >= 0.6 is 23.2 Å². The molecule has 1 N–H and O–H groups in total. The lowest BCUT2D eigenvalue weighted by Crippen LogP contribution is -2.32. The number of aromatic nitrogens is 4. The van der Waals surface area contributed by atoms with E-state index in [2.05, 4.69) is 20.4 Å². The van der Waals surface area contributed by atoms with Crippen LogP contribution in [0.3, 0.4) is 0 Å². The first-order valence-corrected chi connectivity index (χ1v) is 9.01. The first kappa shape index (κ1) is 19.6. The highest BCUT2D eigenvalue weighted by atomic mass is 35.5. The number of rotatable bonds is 8. The second-order valence-corrected chi connectivity index (χ2v) is 6.90. The van der Waals surface area contributed by atoms with Gasteiger partial charge in [-0.15, -0.1) is 5.10 Å². The number of nitrogens with zero attached hydrogens (tertiary/aromatic N) is 5. The van der Waals surface area contributed by atoms with Crippen LogP contribution < -0.4 is 10.1 Å². The van der Waals surface area contributed by atoms with E-state index >= 15 is 0 Å². The molecule has 0 bridgehead atoms. The Balaban J connectivity index is 1.61. The van der Waals surface area contributed by atoms with Crippen LogP contribution in [0.1, 0.15) is 25.1 Å². The maximum absolute atomic E-state index is 11.4. The van der Waals surface area contributed by atoms with Crippen molar-refractivity contribution in [2.75, 3.05) is 25.1 Å². The van der Waals surface area contributed by atoms with Gasteiger partial charge in [0.2, 0.25) is 5.28 Å². The number of ether oxygens (including phenoxy) is 2. The van der Waals surface area contributed by atoms with Crippen molar-refractivity contribution < 1.29 is 14.4 Å². The molecule has 1 aliphatic rings. The van der Waals surface area contributed by atoms with Crippen LogP contribution in [0.25, 0.3) is 0 Å². The normalized spacial score (nSPS) is 15.3. The van der Waals surface area contributed by atoms with Crippen LogP contribution in [0.15, 0.2) is 6.20 Å². The summed E-state index contributed by atoms with van der Waals surface area (Å²) in [5.41, 5.74) is 0.338. The maximum atomic E-state index is 11.4. The monoisotopic (exact) mass is 416 g/mol. The number of hydrogen-bond acceptors (Lipinski definition) is 8. The molecule has 0 unspecified atom stereocenters. The van der Waals surface area contributed by atoms with Crippen LogP contribution in [-0.4, -0.2) is 50.5 Å². The van der Waals surface area contributed by atoms with Crippen molar-refractivity contribution >= 4 is 34.7 Å². The van der Waals surface area contributed by atoms with Crippen LogP contribution in [0.2, 0.25) is 10.3 Å². The van der Waals surface area contributed by atoms with Gasteiger partial charge in [0.1, 0.15) is 16.5 Å². The number of hydrogen-bond donors (Lipinski definition) is 1. The van der Waals surface area contributed by atoms with Gasteiger partial charge in [-0.2, -0.15) is 4.98 Å². The third-order valence-corrected chi connectivity index (χ3v) is 4.58. The molecule has 1 saturated heterocycles. The molecule has 2 aromatic heterocycles. The van der Waals surface area contributed by atoms with Crippen molar-refractivity contribution in [1.29, 1.82) is 0 Å². The summed E-state index contributed by atoms with van der Waals surface area (Å²) in [6.07, 6.45) is 1.94. The second kappa shape index (κ2) is 8.24. The fourth-order valence-corrected chi connectivity index (χ4v) is 2.87. The summed E-state index contributed by atoms with van der Waals surface area (Å²) >= 11 is 11.8. The molecule has 1 fully saturated rings. The Bertz CT molecular complexity index is 842. The summed E-state index contributed by atoms with van der Waals surface area (Å²) in [6.45, 7) is 4.76. The Hall–Kier alpha value is -2.17. The average molecular weight is 417 g/mol. The smallest absolute Gasteiger partial charge is 0.352 e. The van der Waals surface area contributed by atoms with Crippen molar-refractivity contribution in [2.45, 2.75) is 32.4 Å². The van der Waals surface area contributed by atoms with E-state index in [9.17, 15) is 10.1 Å². The molecule has 1 atom stereocenters. The highest BCUT2D eigenvalue weighted by molar-refractivity contribution is 6.33. The van der Waals surface area contributed by atoms with Crippen LogP contribution in [-0.2, 0) is 4.74 Å². The summed E-state index contributed by atoms with van der Waals surface area (Å²) in [5.74, 6) is 0.431. The summed E-state index contributed by atoms with van der Waals surface area (Å²) in [5, 5.41) is 19.2. The molecule has 27 heavy (non-hydrogen) atoms. The molecule has 146 valence electrons. The number of anilines is 1. The quantitative estimate of drug-likeness (QED) is 0.396.